The van der Waals surface area contributed by atoms with Crippen molar-refractivity contribution in [2.75, 3.05) is 33.9 Å². The van der Waals surface area contributed by atoms with Crippen LogP contribution in [0.2, 0.25) is 0 Å². The summed E-state index contributed by atoms with van der Waals surface area (Å²) < 4.78 is 30.9. The average Bonchev–Trinajstić information content (AvgIpc) is 2.85. The van der Waals surface area contributed by atoms with E-state index in [1.807, 2.05) is 6.92 Å². The van der Waals surface area contributed by atoms with Gasteiger partial charge in [-0.05, 0) is 19.0 Å². The first-order valence-electron chi connectivity index (χ1n) is 6.25. The van der Waals surface area contributed by atoms with E-state index in [9.17, 15) is 8.42 Å². The van der Waals surface area contributed by atoms with Crippen LogP contribution in [0.5, 0.6) is 0 Å². The smallest absolute Gasteiger partial charge is 0.243 e. The largest absolute Gasteiger partial charge is 0.385 e. The second kappa shape index (κ2) is 7.96. The van der Waals surface area contributed by atoms with Crippen LogP contribution >= 0.6 is 11.3 Å². The predicted molar refractivity (Wildman–Crippen MR) is 78.0 cm³/mol. The third kappa shape index (κ3) is 4.85. The molecule has 0 aliphatic carbocycles. The number of hydrogen-bond acceptors (Lipinski definition) is 5. The molecule has 0 aromatic carbocycles. The molecule has 0 fully saturated rings. The van der Waals surface area contributed by atoms with Crippen LogP contribution in [-0.2, 0) is 21.3 Å². The Kier molecular flexibility index (Phi) is 6.95. The molecule has 0 unspecified atom stereocenters. The van der Waals surface area contributed by atoms with Crippen LogP contribution in [0.3, 0.4) is 0 Å². The van der Waals surface area contributed by atoms with Crippen LogP contribution in [0.1, 0.15) is 18.2 Å². The molecule has 1 N–H and O–H groups in total. The first-order chi connectivity index (χ1) is 9.02. The van der Waals surface area contributed by atoms with Gasteiger partial charge in [-0.1, -0.05) is 6.92 Å². The first-order valence-corrected chi connectivity index (χ1v) is 8.57. The van der Waals surface area contributed by atoms with Crippen LogP contribution in [0.4, 0.5) is 0 Å². The maximum Gasteiger partial charge on any atom is 0.243 e. The Morgan fingerprint density at radius 3 is 2.84 bits per heavy atom. The lowest BCUT2D eigenvalue weighted by Crippen LogP contribution is -2.28. The molecule has 0 bridgehead atoms. The molecule has 1 heterocycles. The molecule has 0 amide bonds. The van der Waals surface area contributed by atoms with Crippen molar-refractivity contribution in [3.8, 4) is 0 Å². The number of nitrogens with one attached hydrogen (secondary N) is 1. The van der Waals surface area contributed by atoms with Gasteiger partial charge >= 0.3 is 0 Å². The fourth-order valence-electron chi connectivity index (χ4n) is 1.57. The molecule has 19 heavy (non-hydrogen) atoms. The molecule has 0 aliphatic heterocycles. The Labute approximate surface area is 119 Å². The van der Waals surface area contributed by atoms with Crippen LogP contribution in [-0.4, -0.2) is 46.6 Å². The predicted octanol–water partition coefficient (Wildman–Crippen LogP) is 1.51. The SMILES string of the molecule is CCNCc1cc(S(=O)(=O)N(C)CCCOC)cs1. The van der Waals surface area contributed by atoms with E-state index in [-0.39, 0.29) is 0 Å². The average molecular weight is 306 g/mol. The van der Waals surface area contributed by atoms with Crippen molar-refractivity contribution in [1.82, 2.24) is 9.62 Å². The summed E-state index contributed by atoms with van der Waals surface area (Å²) in [6, 6.07) is 1.75. The van der Waals surface area contributed by atoms with Gasteiger partial charge in [0.1, 0.15) is 0 Å². The third-order valence-electron chi connectivity index (χ3n) is 2.71. The highest BCUT2D eigenvalue weighted by molar-refractivity contribution is 7.89. The summed E-state index contributed by atoms with van der Waals surface area (Å²) in [6.07, 6.45) is 0.695. The molecule has 0 atom stereocenters. The zero-order valence-corrected chi connectivity index (χ0v) is 13.3. The van der Waals surface area contributed by atoms with Gasteiger partial charge in [0.2, 0.25) is 10.0 Å². The van der Waals surface area contributed by atoms with Gasteiger partial charge in [0.15, 0.2) is 0 Å². The normalized spacial score (nSPS) is 12.2. The summed E-state index contributed by atoms with van der Waals surface area (Å²) in [6.45, 7) is 4.64. The maximum absolute atomic E-state index is 12.3. The second-order valence-electron chi connectivity index (χ2n) is 4.20. The van der Waals surface area contributed by atoms with E-state index in [2.05, 4.69) is 5.32 Å². The van der Waals surface area contributed by atoms with Crippen LogP contribution in [0.25, 0.3) is 0 Å². The van der Waals surface area contributed by atoms with Crippen molar-refractivity contribution in [1.29, 1.82) is 0 Å². The van der Waals surface area contributed by atoms with E-state index in [4.69, 9.17) is 4.74 Å². The van der Waals surface area contributed by atoms with Crippen LogP contribution in [0.15, 0.2) is 16.3 Å². The molecular formula is C12H22N2O3S2. The Morgan fingerprint density at radius 2 is 2.21 bits per heavy atom. The number of thiophene rings is 1. The van der Waals surface area contributed by atoms with Crippen molar-refractivity contribution in [2.24, 2.45) is 0 Å². The van der Waals surface area contributed by atoms with Crippen molar-refractivity contribution in [3.05, 3.63) is 16.3 Å². The third-order valence-corrected chi connectivity index (χ3v) is 5.63. The van der Waals surface area contributed by atoms with Gasteiger partial charge in [-0.25, -0.2) is 12.7 Å². The lowest BCUT2D eigenvalue weighted by molar-refractivity contribution is 0.189. The van der Waals surface area contributed by atoms with Gasteiger partial charge in [0, 0.05) is 44.1 Å². The minimum Gasteiger partial charge on any atom is -0.385 e. The summed E-state index contributed by atoms with van der Waals surface area (Å²) in [5.74, 6) is 0. The molecule has 1 aromatic rings. The molecule has 0 radical (unpaired) electrons. The molecule has 110 valence electrons. The standard InChI is InChI=1S/C12H22N2O3S2/c1-4-13-9-11-8-12(10-18-11)19(15,16)14(2)6-5-7-17-3/h8,10,13H,4-7,9H2,1-3H3. The van der Waals surface area contributed by atoms with E-state index in [0.717, 1.165) is 11.4 Å². The highest BCUT2D eigenvalue weighted by Crippen LogP contribution is 2.22. The summed E-state index contributed by atoms with van der Waals surface area (Å²) in [4.78, 5) is 1.41. The molecule has 0 saturated heterocycles. The highest BCUT2D eigenvalue weighted by Gasteiger charge is 2.21. The lowest BCUT2D eigenvalue weighted by atomic mass is 10.4. The Balaban J connectivity index is 2.68. The Hall–Kier alpha value is -0.470. The van der Waals surface area contributed by atoms with E-state index in [0.29, 0.717) is 31.0 Å². The summed E-state index contributed by atoms with van der Waals surface area (Å²) in [5.41, 5.74) is 0. The van der Waals surface area contributed by atoms with E-state index in [1.54, 1.807) is 25.6 Å². The topological polar surface area (TPSA) is 58.6 Å². The van der Waals surface area contributed by atoms with Crippen molar-refractivity contribution >= 4 is 21.4 Å². The van der Waals surface area contributed by atoms with Gasteiger partial charge in [0.05, 0.1) is 4.90 Å². The maximum atomic E-state index is 12.3. The summed E-state index contributed by atoms with van der Waals surface area (Å²) in [5, 5.41) is 4.89. The molecule has 0 aliphatic rings. The van der Waals surface area contributed by atoms with E-state index >= 15 is 0 Å². The second-order valence-corrected chi connectivity index (χ2v) is 7.24. The Bertz CT molecular complexity index is 471. The van der Waals surface area contributed by atoms with Crippen LogP contribution < -0.4 is 5.32 Å². The molecule has 5 nitrogen and oxygen atoms in total. The van der Waals surface area contributed by atoms with E-state index in [1.165, 1.54) is 15.6 Å². The summed E-state index contributed by atoms with van der Waals surface area (Å²) in [7, 11) is -0.148. The fourth-order valence-corrected chi connectivity index (χ4v) is 4.01. The molecule has 1 aromatic heterocycles. The minimum absolute atomic E-state index is 0.380. The number of nitrogens with zero attached hydrogens (tertiary/aromatic N) is 1. The number of ether oxygens (including phenoxy) is 1. The quantitative estimate of drug-likeness (QED) is 0.703. The van der Waals surface area contributed by atoms with Gasteiger partial charge in [0.25, 0.3) is 0 Å². The number of hydrogen-bond donors (Lipinski definition) is 1. The van der Waals surface area contributed by atoms with Crippen molar-refractivity contribution < 1.29 is 13.2 Å². The van der Waals surface area contributed by atoms with E-state index < -0.39 is 10.0 Å². The zero-order valence-electron chi connectivity index (χ0n) is 11.7. The van der Waals surface area contributed by atoms with Gasteiger partial charge in [-0.15, -0.1) is 11.3 Å². The molecule has 0 saturated carbocycles. The highest BCUT2D eigenvalue weighted by atomic mass is 32.2. The Morgan fingerprint density at radius 1 is 1.47 bits per heavy atom. The van der Waals surface area contributed by atoms with Gasteiger partial charge in [-0.2, -0.15) is 0 Å². The van der Waals surface area contributed by atoms with Crippen molar-refractivity contribution in [2.45, 2.75) is 24.8 Å². The first kappa shape index (κ1) is 16.6. The van der Waals surface area contributed by atoms with Crippen LogP contribution in [0, 0.1) is 0 Å². The number of rotatable bonds is 9. The number of sulfonamides is 1. The van der Waals surface area contributed by atoms with Gasteiger partial charge < -0.3 is 10.1 Å². The molecular weight excluding hydrogens is 284 g/mol. The van der Waals surface area contributed by atoms with Gasteiger partial charge in [-0.3, -0.25) is 0 Å². The zero-order chi connectivity index (χ0) is 14.3. The number of methoxy groups -OCH3 is 1. The van der Waals surface area contributed by atoms with Crippen molar-refractivity contribution in [3.63, 3.8) is 0 Å². The molecule has 0 spiro atoms. The fraction of sp³-hybridized carbons (Fsp3) is 0.667. The molecule has 1 rings (SSSR count). The monoisotopic (exact) mass is 306 g/mol. The summed E-state index contributed by atoms with van der Waals surface area (Å²) >= 11 is 1.47. The lowest BCUT2D eigenvalue weighted by Gasteiger charge is -2.15. The molecule has 7 heteroatoms. The minimum atomic E-state index is -3.36.